The molecule has 0 bridgehead atoms. The van der Waals surface area contributed by atoms with E-state index < -0.39 is 0 Å². The maximum atomic E-state index is 4.66. The molecule has 0 aliphatic carbocycles. The Labute approximate surface area is 79.0 Å². The number of allylic oxidation sites excluding steroid dienone is 2. The Morgan fingerprint density at radius 2 is 2.27 bits per heavy atom. The van der Waals surface area contributed by atoms with Gasteiger partial charge in [-0.25, -0.2) is 0 Å². The van der Waals surface area contributed by atoms with Crippen LogP contribution in [0.2, 0.25) is 0 Å². The van der Waals surface area contributed by atoms with E-state index in [1.807, 2.05) is 13.0 Å². The zero-order chi connectivity index (χ0) is 8.69. The molecule has 0 aromatic carbocycles. The van der Waals surface area contributed by atoms with Gasteiger partial charge < -0.3 is 5.32 Å². The first-order valence-corrected chi connectivity index (χ1v) is 4.35. The number of hydrogen-bond acceptors (Lipinski definition) is 3. The lowest BCUT2D eigenvalue weighted by atomic mass is 10.3. The van der Waals surface area contributed by atoms with Crippen molar-refractivity contribution in [1.29, 1.82) is 0 Å². The fraction of sp³-hybridized carbons (Fsp3) is 0.375. The van der Waals surface area contributed by atoms with E-state index in [2.05, 4.69) is 43.2 Å². The quantitative estimate of drug-likeness (QED) is 0.303. The Morgan fingerprint density at radius 3 is 2.73 bits per heavy atom. The van der Waals surface area contributed by atoms with Crippen molar-refractivity contribution < 1.29 is 0 Å². The van der Waals surface area contributed by atoms with E-state index in [-0.39, 0.29) is 0 Å². The Morgan fingerprint density at radius 1 is 1.64 bits per heavy atom. The molecule has 0 aliphatic heterocycles. The minimum Gasteiger partial charge on any atom is -0.384 e. The largest absolute Gasteiger partial charge is 0.384 e. The Kier molecular flexibility index (Phi) is 6.27. The first kappa shape index (κ1) is 10.7. The van der Waals surface area contributed by atoms with Crippen LogP contribution >= 0.6 is 24.8 Å². The summed E-state index contributed by atoms with van der Waals surface area (Å²) < 4.78 is 0. The lowest BCUT2D eigenvalue weighted by Gasteiger charge is -2.05. The van der Waals surface area contributed by atoms with Crippen LogP contribution in [0.25, 0.3) is 0 Å². The summed E-state index contributed by atoms with van der Waals surface area (Å²) >= 11 is 8.75. The first-order valence-electron chi connectivity index (χ1n) is 3.44. The normalized spacial score (nSPS) is 15.0. The monoisotopic (exact) mass is 187 g/mol. The maximum Gasteiger partial charge on any atom is 0.0410 e. The summed E-state index contributed by atoms with van der Waals surface area (Å²) in [6.45, 7) is 4.05. The molecule has 0 aromatic rings. The molecule has 1 nitrogen and oxygen atoms in total. The van der Waals surface area contributed by atoms with Gasteiger partial charge in [-0.15, -0.1) is 12.6 Å². The molecule has 0 spiro atoms. The van der Waals surface area contributed by atoms with Crippen molar-refractivity contribution in [3.05, 3.63) is 23.3 Å². The number of rotatable bonds is 4. The third-order valence-electron chi connectivity index (χ3n) is 1.10. The second kappa shape index (κ2) is 6.43. The zero-order valence-electron chi connectivity index (χ0n) is 6.74. The Hall–Kier alpha value is -0.280. The maximum absolute atomic E-state index is 4.66. The standard InChI is InChI=1S/C8H13NS2/c1-3-4-7(2)9-5-8(11)6-10/h3-7,9,11H,1-2H3/b4-3-,8-5?. The van der Waals surface area contributed by atoms with Crippen LogP contribution in [0.15, 0.2) is 23.3 Å². The van der Waals surface area contributed by atoms with Gasteiger partial charge >= 0.3 is 0 Å². The molecular weight excluding hydrogens is 174 g/mol. The molecule has 0 heterocycles. The van der Waals surface area contributed by atoms with Gasteiger partial charge in [-0.1, -0.05) is 24.4 Å². The second-order valence-corrected chi connectivity index (χ2v) is 2.92. The van der Waals surface area contributed by atoms with Gasteiger partial charge in [-0.2, -0.15) is 0 Å². The van der Waals surface area contributed by atoms with Crippen LogP contribution < -0.4 is 5.32 Å². The minimum absolute atomic E-state index is 0.331. The van der Waals surface area contributed by atoms with Gasteiger partial charge in [0.05, 0.1) is 0 Å². The van der Waals surface area contributed by atoms with Gasteiger partial charge in [0, 0.05) is 22.5 Å². The van der Waals surface area contributed by atoms with E-state index in [9.17, 15) is 0 Å². The summed E-state index contributed by atoms with van der Waals surface area (Å²) in [5, 5.41) is 4.64. The van der Waals surface area contributed by atoms with E-state index in [1.165, 1.54) is 5.37 Å². The van der Waals surface area contributed by atoms with Gasteiger partial charge in [0.2, 0.25) is 0 Å². The Balaban J connectivity index is 3.77. The summed E-state index contributed by atoms with van der Waals surface area (Å²) in [5.74, 6) is 0. The van der Waals surface area contributed by atoms with Crippen molar-refractivity contribution in [3.8, 4) is 0 Å². The van der Waals surface area contributed by atoms with Crippen molar-refractivity contribution in [2.45, 2.75) is 19.9 Å². The summed E-state index contributed by atoms with van der Waals surface area (Å²) in [6.07, 6.45) is 5.85. The van der Waals surface area contributed by atoms with Crippen LogP contribution in [0.4, 0.5) is 0 Å². The topological polar surface area (TPSA) is 12.0 Å². The van der Waals surface area contributed by atoms with Crippen molar-refractivity contribution in [1.82, 2.24) is 5.32 Å². The molecule has 3 heteroatoms. The highest BCUT2D eigenvalue weighted by Gasteiger charge is 1.89. The molecule has 0 fully saturated rings. The summed E-state index contributed by atoms with van der Waals surface area (Å²) in [6, 6.07) is 0.331. The molecule has 0 aromatic heterocycles. The van der Waals surface area contributed by atoms with E-state index in [1.54, 1.807) is 6.20 Å². The fourth-order valence-corrected chi connectivity index (χ4v) is 0.738. The van der Waals surface area contributed by atoms with E-state index in [4.69, 9.17) is 0 Å². The van der Waals surface area contributed by atoms with Crippen LogP contribution in [0.1, 0.15) is 13.8 Å². The molecule has 0 aliphatic rings. The molecular formula is C8H13NS2. The molecule has 1 unspecified atom stereocenters. The van der Waals surface area contributed by atoms with Crippen LogP contribution in [-0.2, 0) is 0 Å². The van der Waals surface area contributed by atoms with E-state index in [0.29, 0.717) is 6.04 Å². The lowest BCUT2D eigenvalue weighted by molar-refractivity contribution is 0.769. The van der Waals surface area contributed by atoms with Crippen LogP contribution in [0, 0.1) is 0 Å². The molecule has 1 N–H and O–H groups in total. The predicted octanol–water partition coefficient (Wildman–Crippen LogP) is 2.31. The molecule has 0 amide bonds. The molecule has 1 atom stereocenters. The van der Waals surface area contributed by atoms with Gasteiger partial charge in [0.25, 0.3) is 0 Å². The van der Waals surface area contributed by atoms with Crippen molar-refractivity contribution in [2.24, 2.45) is 0 Å². The minimum atomic E-state index is 0.331. The average molecular weight is 187 g/mol. The lowest BCUT2D eigenvalue weighted by Crippen LogP contribution is -2.17. The Bertz CT molecular complexity index is 173. The zero-order valence-corrected chi connectivity index (χ0v) is 8.45. The number of hydrogen-bond donors (Lipinski definition) is 2. The summed E-state index contributed by atoms with van der Waals surface area (Å²) in [7, 11) is 0. The third-order valence-corrected chi connectivity index (χ3v) is 1.78. The first-order chi connectivity index (χ1) is 5.20. The molecule has 0 rings (SSSR count). The highest BCUT2D eigenvalue weighted by atomic mass is 32.1. The number of nitrogens with one attached hydrogen (secondary N) is 1. The van der Waals surface area contributed by atoms with Crippen molar-refractivity contribution >= 4 is 30.2 Å². The van der Waals surface area contributed by atoms with Crippen molar-refractivity contribution in [2.75, 3.05) is 0 Å². The van der Waals surface area contributed by atoms with Gasteiger partial charge in [-0.3, -0.25) is 0 Å². The van der Waals surface area contributed by atoms with Gasteiger partial charge in [0.1, 0.15) is 0 Å². The van der Waals surface area contributed by atoms with Crippen LogP contribution in [0.3, 0.4) is 0 Å². The summed E-state index contributed by atoms with van der Waals surface area (Å²) in [5.41, 5.74) is 0. The molecule has 0 saturated heterocycles. The number of thiocarbonyl (C=S) groups is 1. The van der Waals surface area contributed by atoms with Gasteiger partial charge in [-0.05, 0) is 13.8 Å². The van der Waals surface area contributed by atoms with E-state index in [0.717, 1.165) is 4.91 Å². The van der Waals surface area contributed by atoms with Crippen LogP contribution in [-0.4, -0.2) is 11.4 Å². The SMILES string of the molecule is C/C=C\C(C)NC=C(S)C=S. The average Bonchev–Trinajstić information content (AvgIpc) is 2.01. The molecule has 62 valence electrons. The molecule has 0 saturated carbocycles. The predicted molar refractivity (Wildman–Crippen MR) is 58.1 cm³/mol. The fourth-order valence-electron chi connectivity index (χ4n) is 0.595. The molecule has 0 radical (unpaired) electrons. The van der Waals surface area contributed by atoms with Crippen molar-refractivity contribution in [3.63, 3.8) is 0 Å². The third kappa shape index (κ3) is 6.13. The summed E-state index contributed by atoms with van der Waals surface area (Å²) in [4.78, 5) is 0.774. The molecule has 11 heavy (non-hydrogen) atoms. The number of thiol groups is 1. The second-order valence-electron chi connectivity index (χ2n) is 2.17. The van der Waals surface area contributed by atoms with E-state index >= 15 is 0 Å². The highest BCUT2D eigenvalue weighted by Crippen LogP contribution is 1.94. The van der Waals surface area contributed by atoms with Gasteiger partial charge in [0.15, 0.2) is 0 Å². The smallest absolute Gasteiger partial charge is 0.0410 e. The van der Waals surface area contributed by atoms with Crippen LogP contribution in [0.5, 0.6) is 0 Å². The highest BCUT2D eigenvalue weighted by molar-refractivity contribution is 7.89.